The lowest BCUT2D eigenvalue weighted by Crippen LogP contribution is -2.48. The van der Waals surface area contributed by atoms with Gasteiger partial charge in [-0.25, -0.2) is 9.59 Å². The minimum atomic E-state index is -1.02. The van der Waals surface area contributed by atoms with Crippen LogP contribution in [0.2, 0.25) is 0 Å². The molecule has 0 fully saturated rings. The molecule has 0 aliphatic rings. The monoisotopic (exact) mass is 348 g/mol. The summed E-state index contributed by atoms with van der Waals surface area (Å²) in [5, 5.41) is 21.4. The number of rotatable bonds is 6. The van der Waals surface area contributed by atoms with E-state index in [9.17, 15) is 19.8 Å². The van der Waals surface area contributed by atoms with Crippen LogP contribution in [0.1, 0.15) is 19.4 Å². The fourth-order valence-corrected chi connectivity index (χ4v) is 2.03. The van der Waals surface area contributed by atoms with Gasteiger partial charge in [-0.3, -0.25) is 0 Å². The Bertz CT molecular complexity index is 706. The van der Waals surface area contributed by atoms with E-state index in [1.54, 1.807) is 26.0 Å². The molecule has 0 unspecified atom stereocenters. The average Bonchev–Trinajstić information content (AvgIpc) is 2.90. The summed E-state index contributed by atoms with van der Waals surface area (Å²) in [6.45, 7) is 3.48. The summed E-state index contributed by atoms with van der Waals surface area (Å²) in [6, 6.07) is 10.4. The van der Waals surface area contributed by atoms with Gasteiger partial charge in [0.25, 0.3) is 0 Å². The molecule has 0 aliphatic heterocycles. The van der Waals surface area contributed by atoms with Gasteiger partial charge in [0, 0.05) is 12.1 Å². The molecule has 0 spiro atoms. The number of carbonyl (C=O) groups excluding carboxylic acids is 2. The van der Waals surface area contributed by atoms with Gasteiger partial charge < -0.3 is 25.1 Å². The molecule has 0 aliphatic carbocycles. The van der Waals surface area contributed by atoms with Crippen molar-refractivity contribution in [3.8, 4) is 11.8 Å². The largest absolute Gasteiger partial charge is 0.492 e. The normalized spacial score (nSPS) is 11.8. The van der Waals surface area contributed by atoms with Gasteiger partial charge in [-0.1, -0.05) is 44.2 Å². The predicted molar refractivity (Wildman–Crippen MR) is 87.7 cm³/mol. The maximum absolute atomic E-state index is 12.2. The predicted octanol–water partition coefficient (Wildman–Crippen LogP) is 1.81. The Morgan fingerprint density at radius 2 is 1.68 bits per heavy atom. The number of aromatic nitrogens is 1. The zero-order valence-electron chi connectivity index (χ0n) is 13.9. The van der Waals surface area contributed by atoms with Crippen LogP contribution in [0, 0.1) is 5.92 Å². The van der Waals surface area contributed by atoms with Crippen LogP contribution in [0.3, 0.4) is 0 Å². The number of nitrogens with one attached hydrogen (secondary N) is 1. The van der Waals surface area contributed by atoms with E-state index < -0.39 is 29.9 Å². The fraction of sp³-hybridized carbons (Fsp3) is 0.294. The Morgan fingerprint density at radius 1 is 1.08 bits per heavy atom. The quantitative estimate of drug-likeness (QED) is 0.734. The first-order valence-electron chi connectivity index (χ1n) is 7.67. The lowest BCUT2D eigenvalue weighted by Gasteiger charge is -2.20. The highest BCUT2D eigenvalue weighted by atomic mass is 16.7. The van der Waals surface area contributed by atoms with Crippen LogP contribution >= 0.6 is 0 Å². The standard InChI is InChI=1S/C17H20N2O6/c1-11(2)15(16(22)25-19-13(20)8-9-14(19)21)18-17(23)24-10-12-6-4-3-5-7-12/h3-9,11,15,20-21H,10H2,1-2H3,(H,18,23)/t15-/m1/s1. The molecule has 0 radical (unpaired) electrons. The van der Waals surface area contributed by atoms with Crippen molar-refractivity contribution in [3.05, 3.63) is 48.0 Å². The molecule has 1 heterocycles. The van der Waals surface area contributed by atoms with Crippen LogP contribution in [-0.4, -0.2) is 33.0 Å². The van der Waals surface area contributed by atoms with Crippen LogP contribution < -0.4 is 10.2 Å². The third-order valence-corrected chi connectivity index (χ3v) is 3.39. The minimum Gasteiger partial charge on any atom is -0.492 e. The fourth-order valence-electron chi connectivity index (χ4n) is 2.03. The number of alkyl carbamates (subject to hydrolysis) is 1. The molecule has 8 heteroatoms. The van der Waals surface area contributed by atoms with Gasteiger partial charge in [-0.05, 0) is 11.5 Å². The Hall–Kier alpha value is -3.16. The third kappa shape index (κ3) is 4.90. The van der Waals surface area contributed by atoms with Crippen LogP contribution in [0.15, 0.2) is 42.5 Å². The topological polar surface area (TPSA) is 110 Å². The van der Waals surface area contributed by atoms with Gasteiger partial charge in [0.1, 0.15) is 12.6 Å². The summed E-state index contributed by atoms with van der Waals surface area (Å²) in [6.07, 6.45) is -0.777. The molecule has 25 heavy (non-hydrogen) atoms. The van der Waals surface area contributed by atoms with Gasteiger partial charge in [0.2, 0.25) is 11.8 Å². The highest BCUT2D eigenvalue weighted by Gasteiger charge is 2.28. The lowest BCUT2D eigenvalue weighted by atomic mass is 10.1. The molecule has 0 saturated heterocycles. The van der Waals surface area contributed by atoms with Gasteiger partial charge >= 0.3 is 12.1 Å². The Morgan fingerprint density at radius 3 is 2.24 bits per heavy atom. The number of benzene rings is 1. The molecule has 8 nitrogen and oxygen atoms in total. The van der Waals surface area contributed by atoms with Crippen LogP contribution in [0.4, 0.5) is 4.79 Å². The first kappa shape index (κ1) is 18.2. The van der Waals surface area contributed by atoms with E-state index in [0.717, 1.165) is 17.7 Å². The van der Waals surface area contributed by atoms with E-state index in [4.69, 9.17) is 9.57 Å². The highest BCUT2D eigenvalue weighted by molar-refractivity contribution is 5.81. The van der Waals surface area contributed by atoms with E-state index in [1.165, 1.54) is 0 Å². The van der Waals surface area contributed by atoms with Crippen molar-refractivity contribution in [1.82, 2.24) is 10.0 Å². The van der Waals surface area contributed by atoms with Crippen LogP contribution in [0.25, 0.3) is 0 Å². The molecular formula is C17H20N2O6. The number of hydrogen-bond donors (Lipinski definition) is 3. The number of amides is 1. The smallest absolute Gasteiger partial charge is 0.408 e. The van der Waals surface area contributed by atoms with Crippen molar-refractivity contribution in [1.29, 1.82) is 0 Å². The zero-order valence-corrected chi connectivity index (χ0v) is 13.9. The van der Waals surface area contributed by atoms with Crippen LogP contribution in [0.5, 0.6) is 11.8 Å². The summed E-state index contributed by atoms with van der Waals surface area (Å²) in [7, 11) is 0. The van der Waals surface area contributed by atoms with E-state index in [1.807, 2.05) is 18.2 Å². The van der Waals surface area contributed by atoms with Crippen molar-refractivity contribution >= 4 is 12.1 Å². The molecular weight excluding hydrogens is 328 g/mol. The highest BCUT2D eigenvalue weighted by Crippen LogP contribution is 2.19. The second kappa shape index (κ2) is 8.09. The summed E-state index contributed by atoms with van der Waals surface area (Å²) in [5.74, 6) is -2.05. The number of aromatic hydroxyl groups is 2. The first-order chi connectivity index (χ1) is 11.9. The molecule has 1 amide bonds. The van der Waals surface area contributed by atoms with Crippen molar-refractivity contribution in [3.63, 3.8) is 0 Å². The van der Waals surface area contributed by atoms with Gasteiger partial charge in [-0.15, -0.1) is 4.73 Å². The molecule has 0 saturated carbocycles. The van der Waals surface area contributed by atoms with E-state index in [0.29, 0.717) is 4.73 Å². The SMILES string of the molecule is CC(C)[C@@H](NC(=O)OCc1ccccc1)C(=O)On1c(O)ccc1O. The molecule has 1 aromatic carbocycles. The summed E-state index contributed by atoms with van der Waals surface area (Å²) < 4.78 is 5.64. The number of carbonyl (C=O) groups is 2. The second-order valence-electron chi connectivity index (χ2n) is 5.68. The van der Waals surface area contributed by atoms with Crippen molar-refractivity contribution < 1.29 is 29.4 Å². The summed E-state index contributed by atoms with van der Waals surface area (Å²) in [5.41, 5.74) is 0.809. The molecule has 1 aromatic heterocycles. The number of ether oxygens (including phenoxy) is 1. The lowest BCUT2D eigenvalue weighted by molar-refractivity contribution is -0.149. The van der Waals surface area contributed by atoms with Crippen LogP contribution in [-0.2, 0) is 16.1 Å². The summed E-state index contributed by atoms with van der Waals surface area (Å²) in [4.78, 5) is 29.1. The van der Waals surface area contributed by atoms with Crippen molar-refractivity contribution in [2.75, 3.05) is 0 Å². The van der Waals surface area contributed by atoms with Crippen molar-refractivity contribution in [2.24, 2.45) is 5.92 Å². The van der Waals surface area contributed by atoms with Crippen molar-refractivity contribution in [2.45, 2.75) is 26.5 Å². The van der Waals surface area contributed by atoms with Gasteiger partial charge in [-0.2, -0.15) is 0 Å². The van der Waals surface area contributed by atoms with Gasteiger partial charge in [0.15, 0.2) is 0 Å². The number of hydrogen-bond acceptors (Lipinski definition) is 6. The molecule has 3 N–H and O–H groups in total. The molecule has 134 valence electrons. The molecule has 2 rings (SSSR count). The summed E-state index contributed by atoms with van der Waals surface area (Å²) >= 11 is 0. The maximum atomic E-state index is 12.2. The second-order valence-corrected chi connectivity index (χ2v) is 5.68. The maximum Gasteiger partial charge on any atom is 0.408 e. The Labute approximate surface area is 144 Å². The Kier molecular flexibility index (Phi) is 5.89. The van der Waals surface area contributed by atoms with Gasteiger partial charge in [0.05, 0.1) is 0 Å². The minimum absolute atomic E-state index is 0.0612. The average molecular weight is 348 g/mol. The molecule has 1 atom stereocenters. The molecule has 2 aromatic rings. The number of nitrogens with zero attached hydrogens (tertiary/aromatic N) is 1. The molecule has 0 bridgehead atoms. The van der Waals surface area contributed by atoms with E-state index in [2.05, 4.69) is 5.32 Å². The Balaban J connectivity index is 1.95. The first-order valence-corrected chi connectivity index (χ1v) is 7.67. The van der Waals surface area contributed by atoms with E-state index >= 15 is 0 Å². The third-order valence-electron chi connectivity index (χ3n) is 3.39. The zero-order chi connectivity index (χ0) is 18.4. The van der Waals surface area contributed by atoms with E-state index in [-0.39, 0.29) is 12.5 Å².